The van der Waals surface area contributed by atoms with Crippen molar-refractivity contribution >= 4 is 17.6 Å². The van der Waals surface area contributed by atoms with E-state index in [4.69, 9.17) is 14.7 Å². The highest BCUT2D eigenvalue weighted by Gasteiger charge is 2.44. The number of oxime groups is 1. The number of carboxylic acids is 1. The van der Waals surface area contributed by atoms with Gasteiger partial charge in [0.05, 0.1) is 18.4 Å². The number of carbonyl (C=O) groups is 2. The first-order valence-electron chi connectivity index (χ1n) is 10.2. The van der Waals surface area contributed by atoms with Crippen LogP contribution in [0.3, 0.4) is 0 Å². The number of hydrogen-bond acceptors (Lipinski definition) is 9. The highest BCUT2D eigenvalue weighted by molar-refractivity contribution is 6.01. The van der Waals surface area contributed by atoms with Crippen LogP contribution in [-0.4, -0.2) is 66.5 Å². The Hall–Kier alpha value is -3.50. The number of rotatable bonds is 3. The van der Waals surface area contributed by atoms with Gasteiger partial charge in [-0.05, 0) is 23.8 Å². The fourth-order valence-electron chi connectivity index (χ4n) is 4.45. The molecule has 0 bridgehead atoms. The second-order valence-corrected chi connectivity index (χ2v) is 8.20. The summed E-state index contributed by atoms with van der Waals surface area (Å²) < 4.78 is 6.35. The predicted molar refractivity (Wildman–Crippen MR) is 106 cm³/mol. The van der Waals surface area contributed by atoms with Crippen molar-refractivity contribution in [1.29, 1.82) is 0 Å². The van der Waals surface area contributed by atoms with E-state index in [1.54, 1.807) is 0 Å². The fourth-order valence-corrected chi connectivity index (χ4v) is 4.45. The molecule has 3 aliphatic rings. The molecule has 0 radical (unpaired) electrons. The van der Waals surface area contributed by atoms with Crippen molar-refractivity contribution in [3.05, 3.63) is 35.2 Å². The Bertz CT molecular complexity index is 1070. The second kappa shape index (κ2) is 7.33. The van der Waals surface area contributed by atoms with Gasteiger partial charge in [-0.15, -0.1) is 10.2 Å². The molecule has 2 aromatic rings. The summed E-state index contributed by atoms with van der Waals surface area (Å²) in [5, 5.41) is 24.7. The maximum Gasteiger partial charge on any atom is 0.327 e. The standard InChI is InChI=1S/C20H22N6O5/c1-12-3-2-4-14-18(12)13(27)10-20(30-14)5-7-25(8-6-20)16-9-15(31-23-16)19-21-24-26(22-19)11-17(28)29/h2-4,15H,5-11H2,1H3,(H,28,29). The van der Waals surface area contributed by atoms with Gasteiger partial charge in [0.2, 0.25) is 5.82 Å². The molecule has 1 fully saturated rings. The summed E-state index contributed by atoms with van der Waals surface area (Å²) in [5.74, 6) is 0.873. The number of fused-ring (bicyclic) bond motifs is 1. The normalized spacial score (nSPS) is 22.0. The summed E-state index contributed by atoms with van der Waals surface area (Å²) in [5.41, 5.74) is 1.18. The average molecular weight is 426 g/mol. The molecule has 31 heavy (non-hydrogen) atoms. The lowest BCUT2D eigenvalue weighted by molar-refractivity contribution is -0.138. The van der Waals surface area contributed by atoms with E-state index in [0.29, 0.717) is 55.9 Å². The zero-order valence-electron chi connectivity index (χ0n) is 17.0. The van der Waals surface area contributed by atoms with Crippen LogP contribution in [0.4, 0.5) is 0 Å². The largest absolute Gasteiger partial charge is 0.486 e. The molecule has 11 nitrogen and oxygen atoms in total. The topological polar surface area (TPSA) is 132 Å². The fraction of sp³-hybridized carbons (Fsp3) is 0.500. The Morgan fingerprint density at radius 2 is 2.13 bits per heavy atom. The molecule has 162 valence electrons. The van der Waals surface area contributed by atoms with Crippen LogP contribution in [0.15, 0.2) is 23.4 Å². The summed E-state index contributed by atoms with van der Waals surface area (Å²) in [6.45, 7) is 2.97. The molecule has 1 spiro atoms. The Morgan fingerprint density at radius 3 is 2.90 bits per heavy atom. The third kappa shape index (κ3) is 3.60. The predicted octanol–water partition coefficient (Wildman–Crippen LogP) is 1.34. The number of nitrogens with zero attached hydrogens (tertiary/aromatic N) is 6. The average Bonchev–Trinajstić information content (AvgIpc) is 3.37. The summed E-state index contributed by atoms with van der Waals surface area (Å²) >= 11 is 0. The van der Waals surface area contributed by atoms with Gasteiger partial charge in [0, 0.05) is 25.9 Å². The number of benzene rings is 1. The van der Waals surface area contributed by atoms with Crippen LogP contribution in [0.1, 0.15) is 53.5 Å². The number of ether oxygens (including phenoxy) is 1. The Labute approximate surface area is 177 Å². The quantitative estimate of drug-likeness (QED) is 0.772. The molecule has 1 saturated heterocycles. The highest BCUT2D eigenvalue weighted by Crippen LogP contribution is 2.41. The Balaban J connectivity index is 1.21. The van der Waals surface area contributed by atoms with E-state index in [-0.39, 0.29) is 12.3 Å². The number of piperidine rings is 1. The van der Waals surface area contributed by atoms with Gasteiger partial charge in [-0.1, -0.05) is 17.3 Å². The number of ketones is 1. The van der Waals surface area contributed by atoms with Crippen molar-refractivity contribution in [2.75, 3.05) is 13.1 Å². The van der Waals surface area contributed by atoms with Crippen molar-refractivity contribution in [1.82, 2.24) is 25.1 Å². The minimum Gasteiger partial charge on any atom is -0.486 e. The number of aromatic nitrogens is 4. The van der Waals surface area contributed by atoms with Crippen molar-refractivity contribution in [3.63, 3.8) is 0 Å². The van der Waals surface area contributed by atoms with E-state index in [1.807, 2.05) is 25.1 Å². The molecule has 5 rings (SSSR count). The summed E-state index contributed by atoms with van der Waals surface area (Å²) in [4.78, 5) is 32.2. The molecule has 1 unspecified atom stereocenters. The van der Waals surface area contributed by atoms with Crippen LogP contribution in [0.2, 0.25) is 0 Å². The molecule has 4 heterocycles. The number of amidine groups is 1. The molecular formula is C20H22N6O5. The van der Waals surface area contributed by atoms with E-state index in [0.717, 1.165) is 16.2 Å². The monoisotopic (exact) mass is 426 g/mol. The SMILES string of the molecule is Cc1cccc2c1C(=O)CC1(CCN(C3=NOC(c4nnn(CC(=O)O)n4)C3)CC1)O2. The third-order valence-corrected chi connectivity index (χ3v) is 6.05. The lowest BCUT2D eigenvalue weighted by atomic mass is 9.81. The molecule has 11 heteroatoms. The molecule has 0 amide bonds. The molecule has 1 aromatic carbocycles. The molecule has 0 aliphatic carbocycles. The Kier molecular flexibility index (Phi) is 4.60. The first-order valence-corrected chi connectivity index (χ1v) is 10.2. The number of likely N-dealkylation sites (tertiary alicyclic amines) is 1. The van der Waals surface area contributed by atoms with E-state index in [9.17, 15) is 9.59 Å². The zero-order chi connectivity index (χ0) is 21.6. The number of aliphatic carboxylic acids is 1. The zero-order valence-corrected chi connectivity index (χ0v) is 17.0. The van der Waals surface area contributed by atoms with Crippen LogP contribution in [0.5, 0.6) is 5.75 Å². The van der Waals surface area contributed by atoms with Gasteiger partial charge in [-0.3, -0.25) is 9.59 Å². The molecule has 1 N–H and O–H groups in total. The molecular weight excluding hydrogens is 404 g/mol. The summed E-state index contributed by atoms with van der Waals surface area (Å²) in [6.07, 6.45) is 1.80. The number of Topliss-reactive ketones (excluding diaryl/α,β-unsaturated/α-hetero) is 1. The van der Waals surface area contributed by atoms with E-state index in [2.05, 4.69) is 25.5 Å². The summed E-state index contributed by atoms with van der Waals surface area (Å²) in [7, 11) is 0. The number of carboxylic acid groups (broad SMARTS) is 1. The van der Waals surface area contributed by atoms with Crippen LogP contribution in [-0.2, 0) is 16.2 Å². The van der Waals surface area contributed by atoms with Gasteiger partial charge in [0.15, 0.2) is 18.4 Å². The van der Waals surface area contributed by atoms with Crippen molar-refractivity contribution in [2.24, 2.45) is 5.16 Å². The van der Waals surface area contributed by atoms with E-state index in [1.165, 1.54) is 0 Å². The number of aryl methyl sites for hydroxylation is 1. The first-order chi connectivity index (χ1) is 14.9. The van der Waals surface area contributed by atoms with Gasteiger partial charge in [-0.2, -0.15) is 4.80 Å². The van der Waals surface area contributed by atoms with Gasteiger partial charge < -0.3 is 19.6 Å². The van der Waals surface area contributed by atoms with Crippen LogP contribution in [0.25, 0.3) is 0 Å². The first kappa shape index (κ1) is 19.5. The number of hydrogen-bond donors (Lipinski definition) is 1. The Morgan fingerprint density at radius 1 is 1.32 bits per heavy atom. The minimum absolute atomic E-state index is 0.143. The maximum atomic E-state index is 12.8. The smallest absolute Gasteiger partial charge is 0.327 e. The molecule has 3 aliphatic heterocycles. The lowest BCUT2D eigenvalue weighted by Gasteiger charge is -2.44. The van der Waals surface area contributed by atoms with Crippen LogP contribution in [0, 0.1) is 6.92 Å². The van der Waals surface area contributed by atoms with Crippen molar-refractivity contribution < 1.29 is 24.3 Å². The van der Waals surface area contributed by atoms with Gasteiger partial charge >= 0.3 is 5.97 Å². The van der Waals surface area contributed by atoms with Crippen molar-refractivity contribution in [3.8, 4) is 5.75 Å². The third-order valence-electron chi connectivity index (χ3n) is 6.05. The van der Waals surface area contributed by atoms with Crippen molar-refractivity contribution in [2.45, 2.75) is 50.9 Å². The molecule has 1 atom stereocenters. The van der Waals surface area contributed by atoms with Gasteiger partial charge in [-0.25, -0.2) is 0 Å². The lowest BCUT2D eigenvalue weighted by Crippen LogP contribution is -2.52. The van der Waals surface area contributed by atoms with Gasteiger partial charge in [0.1, 0.15) is 17.2 Å². The second-order valence-electron chi connectivity index (χ2n) is 8.20. The number of carbonyl (C=O) groups excluding carboxylic acids is 1. The van der Waals surface area contributed by atoms with E-state index >= 15 is 0 Å². The van der Waals surface area contributed by atoms with Gasteiger partial charge in [0.25, 0.3) is 0 Å². The molecule has 0 saturated carbocycles. The van der Waals surface area contributed by atoms with Crippen LogP contribution >= 0.6 is 0 Å². The minimum atomic E-state index is -1.04. The van der Waals surface area contributed by atoms with E-state index < -0.39 is 17.7 Å². The number of tetrazole rings is 1. The maximum absolute atomic E-state index is 12.8. The molecule has 1 aromatic heterocycles. The summed E-state index contributed by atoms with van der Waals surface area (Å²) in [6, 6.07) is 5.73. The highest BCUT2D eigenvalue weighted by atomic mass is 16.6. The van der Waals surface area contributed by atoms with Crippen LogP contribution < -0.4 is 4.74 Å².